The second-order valence-corrected chi connectivity index (χ2v) is 5.41. The predicted octanol–water partition coefficient (Wildman–Crippen LogP) is -2.61. The fourth-order valence-electron chi connectivity index (χ4n) is 2.15. The van der Waals surface area contributed by atoms with E-state index >= 15 is 0 Å². The normalized spacial score (nSPS) is 25.3. The molecule has 146 valence electrons. The van der Waals surface area contributed by atoms with Crippen molar-refractivity contribution >= 4 is 29.6 Å². The van der Waals surface area contributed by atoms with Gasteiger partial charge in [0.1, 0.15) is 18.2 Å². The average Bonchev–Trinajstić information content (AvgIpc) is 2.67. The van der Waals surface area contributed by atoms with Gasteiger partial charge in [-0.05, 0) is 12.1 Å². The van der Waals surface area contributed by atoms with E-state index in [0.717, 1.165) is 0 Å². The van der Waals surface area contributed by atoms with Crippen LogP contribution in [0.1, 0.15) is 0 Å². The Morgan fingerprint density at radius 3 is 2.44 bits per heavy atom. The van der Waals surface area contributed by atoms with Crippen molar-refractivity contribution in [3.05, 3.63) is 30.3 Å². The summed E-state index contributed by atoms with van der Waals surface area (Å²) in [6.07, 6.45) is -6.57. The number of hydrogen-bond donors (Lipinski definition) is 6. The first kappa shape index (κ1) is 20.1. The van der Waals surface area contributed by atoms with Gasteiger partial charge in [-0.1, -0.05) is 18.2 Å². The standard InChI is InChI=1S/C15H17N3O9/c19-6-8-10(20)11(21)9(17-13(23)14(24)26-8)12(22)18-27-15(25)16-7-4-2-1-3-5-7/h1-5,8-11,19-21H,6H2,(H,16,25)(H,17,23)(H,18,22). The molecule has 6 N–H and O–H groups in total. The fourth-order valence-corrected chi connectivity index (χ4v) is 2.15. The maximum absolute atomic E-state index is 12.1. The first-order valence-electron chi connectivity index (χ1n) is 7.64. The summed E-state index contributed by atoms with van der Waals surface area (Å²) < 4.78 is 4.49. The van der Waals surface area contributed by atoms with Crippen molar-refractivity contribution in [1.82, 2.24) is 10.8 Å². The van der Waals surface area contributed by atoms with Gasteiger partial charge in [-0.15, -0.1) is 0 Å². The zero-order chi connectivity index (χ0) is 20.0. The van der Waals surface area contributed by atoms with Gasteiger partial charge in [0.15, 0.2) is 6.10 Å². The van der Waals surface area contributed by atoms with Gasteiger partial charge >= 0.3 is 18.0 Å². The number of carbonyl (C=O) groups is 4. The zero-order valence-corrected chi connectivity index (χ0v) is 13.7. The number of hydroxylamine groups is 1. The highest BCUT2D eigenvalue weighted by Gasteiger charge is 2.43. The van der Waals surface area contributed by atoms with Crippen LogP contribution in [0.2, 0.25) is 0 Å². The van der Waals surface area contributed by atoms with Crippen LogP contribution in [0.15, 0.2) is 30.3 Å². The minimum absolute atomic E-state index is 0.375. The van der Waals surface area contributed by atoms with Crippen molar-refractivity contribution in [2.24, 2.45) is 0 Å². The molecule has 1 saturated heterocycles. The van der Waals surface area contributed by atoms with Gasteiger partial charge in [0.2, 0.25) is 0 Å². The number of hydrogen-bond acceptors (Lipinski definition) is 9. The lowest BCUT2D eigenvalue weighted by Crippen LogP contribution is -2.63. The molecule has 1 aliphatic heterocycles. The summed E-state index contributed by atoms with van der Waals surface area (Å²) in [5, 5.41) is 33.1. The highest BCUT2D eigenvalue weighted by molar-refractivity contribution is 6.33. The number of nitrogens with one attached hydrogen (secondary N) is 3. The van der Waals surface area contributed by atoms with Crippen LogP contribution < -0.4 is 16.1 Å². The Kier molecular flexibility index (Phi) is 6.65. The fraction of sp³-hybridized carbons (Fsp3) is 0.333. The summed E-state index contributed by atoms with van der Waals surface area (Å²) >= 11 is 0. The van der Waals surface area contributed by atoms with Crippen molar-refractivity contribution in [2.75, 3.05) is 11.9 Å². The van der Waals surface area contributed by atoms with E-state index < -0.39 is 54.8 Å². The summed E-state index contributed by atoms with van der Waals surface area (Å²) in [5.41, 5.74) is 2.06. The van der Waals surface area contributed by atoms with Crippen LogP contribution in [-0.2, 0) is 24.0 Å². The van der Waals surface area contributed by atoms with Crippen molar-refractivity contribution in [2.45, 2.75) is 24.4 Å². The number of aliphatic hydroxyl groups excluding tert-OH is 3. The van der Waals surface area contributed by atoms with Crippen molar-refractivity contribution in [1.29, 1.82) is 0 Å². The third-order valence-corrected chi connectivity index (χ3v) is 3.53. The largest absolute Gasteiger partial charge is 0.450 e. The van der Waals surface area contributed by atoms with Gasteiger partial charge in [-0.2, -0.15) is 5.48 Å². The Labute approximate surface area is 152 Å². The summed E-state index contributed by atoms with van der Waals surface area (Å²) in [5.74, 6) is -4.10. The van der Waals surface area contributed by atoms with E-state index in [1.807, 2.05) is 5.32 Å². The van der Waals surface area contributed by atoms with Crippen molar-refractivity contribution in [3.8, 4) is 0 Å². The molecule has 1 aromatic carbocycles. The number of para-hydroxylation sites is 1. The number of amides is 3. The summed E-state index contributed by atoms with van der Waals surface area (Å²) in [6, 6.07) is 6.25. The third kappa shape index (κ3) is 5.13. The molecule has 3 amide bonds. The Morgan fingerprint density at radius 2 is 1.81 bits per heavy atom. The molecule has 2 rings (SSSR count). The molecule has 1 aromatic rings. The van der Waals surface area contributed by atoms with E-state index in [9.17, 15) is 29.4 Å². The number of carbonyl (C=O) groups excluding carboxylic acids is 4. The van der Waals surface area contributed by atoms with Gasteiger partial charge in [0, 0.05) is 5.69 Å². The molecule has 0 aromatic heterocycles. The number of esters is 1. The molecular formula is C15H17N3O9. The second-order valence-electron chi connectivity index (χ2n) is 5.41. The topological polar surface area (TPSA) is 184 Å². The summed E-state index contributed by atoms with van der Waals surface area (Å²) in [4.78, 5) is 51.3. The quantitative estimate of drug-likeness (QED) is 0.185. The van der Waals surface area contributed by atoms with Gasteiger partial charge in [0.25, 0.3) is 5.91 Å². The first-order chi connectivity index (χ1) is 12.8. The summed E-state index contributed by atoms with van der Waals surface area (Å²) in [6.45, 7) is -0.901. The van der Waals surface area contributed by atoms with Gasteiger partial charge in [0.05, 0.1) is 6.61 Å². The molecular weight excluding hydrogens is 366 g/mol. The monoisotopic (exact) mass is 383 g/mol. The molecule has 27 heavy (non-hydrogen) atoms. The molecule has 0 radical (unpaired) electrons. The lowest BCUT2D eigenvalue weighted by atomic mass is 9.99. The molecule has 1 aliphatic rings. The average molecular weight is 383 g/mol. The Hall–Kier alpha value is -3.22. The molecule has 1 heterocycles. The lowest BCUT2D eigenvalue weighted by Gasteiger charge is -2.32. The first-order valence-corrected chi connectivity index (χ1v) is 7.64. The van der Waals surface area contributed by atoms with E-state index in [4.69, 9.17) is 5.11 Å². The molecule has 12 heteroatoms. The molecule has 4 atom stereocenters. The molecule has 0 spiro atoms. The zero-order valence-electron chi connectivity index (χ0n) is 13.7. The number of anilines is 1. The van der Waals surface area contributed by atoms with Crippen LogP contribution >= 0.6 is 0 Å². The highest BCUT2D eigenvalue weighted by Crippen LogP contribution is 2.12. The van der Waals surface area contributed by atoms with Gasteiger partial charge in [-0.25, -0.2) is 9.59 Å². The van der Waals surface area contributed by atoms with Crippen LogP contribution in [0.5, 0.6) is 0 Å². The maximum Gasteiger partial charge on any atom is 0.436 e. The number of ether oxygens (including phenoxy) is 1. The predicted molar refractivity (Wildman–Crippen MR) is 85.6 cm³/mol. The Bertz CT molecular complexity index is 712. The van der Waals surface area contributed by atoms with Crippen LogP contribution in [0.3, 0.4) is 0 Å². The highest BCUT2D eigenvalue weighted by atomic mass is 16.7. The second kappa shape index (κ2) is 8.93. The molecule has 4 unspecified atom stereocenters. The molecule has 0 saturated carbocycles. The van der Waals surface area contributed by atoms with Crippen molar-refractivity contribution in [3.63, 3.8) is 0 Å². The summed E-state index contributed by atoms with van der Waals surface area (Å²) in [7, 11) is 0. The smallest absolute Gasteiger partial charge is 0.436 e. The van der Waals surface area contributed by atoms with Gasteiger partial charge < -0.3 is 30.2 Å². The molecule has 1 fully saturated rings. The van der Waals surface area contributed by atoms with E-state index in [1.54, 1.807) is 35.8 Å². The molecule has 0 bridgehead atoms. The third-order valence-electron chi connectivity index (χ3n) is 3.53. The number of rotatable bonds is 3. The number of cyclic esters (lactones) is 1. The van der Waals surface area contributed by atoms with E-state index in [2.05, 4.69) is 14.9 Å². The Morgan fingerprint density at radius 1 is 1.15 bits per heavy atom. The lowest BCUT2D eigenvalue weighted by molar-refractivity contribution is -0.177. The van der Waals surface area contributed by atoms with E-state index in [0.29, 0.717) is 5.69 Å². The van der Waals surface area contributed by atoms with Crippen LogP contribution in [0.25, 0.3) is 0 Å². The molecule has 12 nitrogen and oxygen atoms in total. The van der Waals surface area contributed by atoms with Gasteiger partial charge in [-0.3, -0.25) is 14.9 Å². The van der Waals surface area contributed by atoms with Crippen LogP contribution in [-0.4, -0.2) is 70.2 Å². The minimum Gasteiger partial charge on any atom is -0.450 e. The van der Waals surface area contributed by atoms with Crippen molar-refractivity contribution < 1.29 is 44.1 Å². The molecule has 0 aliphatic carbocycles. The maximum atomic E-state index is 12.1. The van der Waals surface area contributed by atoms with Crippen LogP contribution in [0, 0.1) is 0 Å². The van der Waals surface area contributed by atoms with E-state index in [-0.39, 0.29) is 0 Å². The van der Waals surface area contributed by atoms with E-state index in [1.165, 1.54) is 0 Å². The number of aliphatic hydroxyl groups is 3. The Balaban J connectivity index is 2.00. The SMILES string of the molecule is O=C(Nc1ccccc1)ONC(=O)C1NC(=O)C(=O)OC(CO)C(O)C1O. The van der Waals surface area contributed by atoms with Crippen LogP contribution in [0.4, 0.5) is 10.5 Å². The minimum atomic E-state index is -1.97. The number of benzene rings is 1.